The molecule has 0 atom stereocenters. The summed E-state index contributed by atoms with van der Waals surface area (Å²) in [6.45, 7) is 3.31. The maximum atomic E-state index is 12.9. The molecule has 1 saturated heterocycles. The van der Waals surface area contributed by atoms with Crippen molar-refractivity contribution >= 4 is 21.8 Å². The number of anilines is 1. The van der Waals surface area contributed by atoms with Crippen molar-refractivity contribution in [2.24, 2.45) is 0 Å². The van der Waals surface area contributed by atoms with Gasteiger partial charge in [-0.2, -0.15) is 4.31 Å². The molecule has 2 aromatic carbocycles. The Kier molecular flexibility index (Phi) is 7.44. The number of amides is 1. The Labute approximate surface area is 195 Å². The van der Waals surface area contributed by atoms with Crippen LogP contribution in [0.3, 0.4) is 0 Å². The number of ether oxygens (including phenoxy) is 2. The molecule has 0 spiro atoms. The number of hydrogen-bond donors (Lipinski definition) is 1. The summed E-state index contributed by atoms with van der Waals surface area (Å²) in [4.78, 5) is 14.0. The number of sulfonamides is 1. The van der Waals surface area contributed by atoms with Gasteiger partial charge in [0.2, 0.25) is 15.8 Å². The summed E-state index contributed by atoms with van der Waals surface area (Å²) in [5.74, 6) is -2.33. The minimum Gasteiger partial charge on any atom is -0.417 e. The molecule has 0 aromatic heterocycles. The molecule has 1 fully saturated rings. The van der Waals surface area contributed by atoms with E-state index in [-0.39, 0.29) is 43.1 Å². The molecule has 12 heteroatoms. The van der Waals surface area contributed by atoms with Gasteiger partial charge in [-0.3, -0.25) is 4.90 Å². The molecule has 0 aliphatic carbocycles. The average molecular weight is 503 g/mol. The normalized spacial score (nSPS) is 16.6. The van der Waals surface area contributed by atoms with E-state index in [9.17, 15) is 31.5 Å². The number of benzene rings is 2. The predicted molar refractivity (Wildman–Crippen MR) is 117 cm³/mol. The van der Waals surface area contributed by atoms with Crippen LogP contribution >= 0.6 is 0 Å². The van der Waals surface area contributed by atoms with Gasteiger partial charge in [0.1, 0.15) is 5.75 Å². The van der Waals surface area contributed by atoms with E-state index in [4.69, 9.17) is 4.74 Å². The lowest BCUT2D eigenvalue weighted by atomic mass is 10.1. The molecule has 0 radical (unpaired) electrons. The highest BCUT2D eigenvalue weighted by Crippen LogP contribution is 2.31. The highest BCUT2D eigenvalue weighted by Gasteiger charge is 2.41. The second kappa shape index (κ2) is 9.80. The van der Waals surface area contributed by atoms with E-state index < -0.39 is 34.0 Å². The largest absolute Gasteiger partial charge is 0.573 e. The average Bonchev–Trinajstić information content (AvgIpc) is 2.74. The Bertz CT molecular complexity index is 1110. The van der Waals surface area contributed by atoms with Crippen molar-refractivity contribution in [3.63, 3.8) is 0 Å². The Balaban J connectivity index is 1.65. The first-order valence-electron chi connectivity index (χ1n) is 10.5. The van der Waals surface area contributed by atoms with E-state index >= 15 is 0 Å². The third-order valence-corrected chi connectivity index (χ3v) is 7.47. The second-order valence-electron chi connectivity index (χ2n) is 7.77. The Hall–Kier alpha value is -2.83. The lowest BCUT2D eigenvalue weighted by Crippen LogP contribution is -2.50. The number of hydrogen-bond acceptors (Lipinski definition) is 6. The van der Waals surface area contributed by atoms with Crippen LogP contribution < -0.4 is 9.64 Å². The standard InChI is InChI=1S/C22H25F3N2O6S/c1-3-27(17-8-10-18(11-9-17)32-22(23,24)25)20(28)33-21(29)12-14-26(15-13-21)34(30,31)19-7-5-4-6-16(19)2/h4-11,29H,3,12-15H2,1-2H3. The summed E-state index contributed by atoms with van der Waals surface area (Å²) in [5.41, 5.74) is 0.838. The summed E-state index contributed by atoms with van der Waals surface area (Å²) in [6, 6.07) is 11.2. The highest BCUT2D eigenvalue weighted by atomic mass is 32.2. The zero-order valence-corrected chi connectivity index (χ0v) is 19.4. The SMILES string of the molecule is CCN(C(=O)OC1(O)CCN(S(=O)(=O)c2ccccc2C)CC1)c1ccc(OC(F)(F)F)cc1. The fraction of sp³-hybridized carbons (Fsp3) is 0.409. The van der Waals surface area contributed by atoms with Crippen molar-refractivity contribution in [1.82, 2.24) is 4.31 Å². The van der Waals surface area contributed by atoms with Crippen LogP contribution in [0.2, 0.25) is 0 Å². The van der Waals surface area contributed by atoms with Crippen molar-refractivity contribution in [3.8, 4) is 5.75 Å². The van der Waals surface area contributed by atoms with Crippen molar-refractivity contribution in [3.05, 3.63) is 54.1 Å². The van der Waals surface area contributed by atoms with Gasteiger partial charge in [0, 0.05) is 38.2 Å². The number of carbonyl (C=O) groups excluding carboxylic acids is 1. The monoisotopic (exact) mass is 502 g/mol. The first kappa shape index (κ1) is 25.8. The molecule has 1 amide bonds. The number of carbonyl (C=O) groups is 1. The molecule has 2 aromatic rings. The van der Waals surface area contributed by atoms with Crippen molar-refractivity contribution in [2.75, 3.05) is 24.5 Å². The van der Waals surface area contributed by atoms with Crippen LogP contribution in [0.15, 0.2) is 53.4 Å². The van der Waals surface area contributed by atoms with Gasteiger partial charge < -0.3 is 14.6 Å². The summed E-state index contributed by atoms with van der Waals surface area (Å²) in [5, 5.41) is 10.8. The number of alkyl halides is 3. The van der Waals surface area contributed by atoms with Crippen molar-refractivity contribution in [1.29, 1.82) is 0 Å². The smallest absolute Gasteiger partial charge is 0.417 e. The van der Waals surface area contributed by atoms with Crippen LogP contribution in [-0.2, 0) is 14.8 Å². The molecule has 1 heterocycles. The van der Waals surface area contributed by atoms with E-state index in [1.165, 1.54) is 22.5 Å². The number of aryl methyl sites for hydroxylation is 1. The van der Waals surface area contributed by atoms with Gasteiger partial charge in [-0.1, -0.05) is 18.2 Å². The molecule has 1 aliphatic rings. The van der Waals surface area contributed by atoms with Crippen LogP contribution in [-0.4, -0.2) is 55.7 Å². The second-order valence-corrected chi connectivity index (χ2v) is 9.68. The summed E-state index contributed by atoms with van der Waals surface area (Å²) < 4.78 is 73.2. The molecule has 186 valence electrons. The summed E-state index contributed by atoms with van der Waals surface area (Å²) in [6.07, 6.45) is -6.03. The topological polar surface area (TPSA) is 96.4 Å². The maximum Gasteiger partial charge on any atom is 0.573 e. The first-order valence-corrected chi connectivity index (χ1v) is 11.9. The molecule has 8 nitrogen and oxygen atoms in total. The summed E-state index contributed by atoms with van der Waals surface area (Å²) in [7, 11) is -3.77. The van der Waals surface area contributed by atoms with Crippen LogP contribution in [0.25, 0.3) is 0 Å². The van der Waals surface area contributed by atoms with Crippen LogP contribution in [0.4, 0.5) is 23.7 Å². The van der Waals surface area contributed by atoms with E-state index in [1.54, 1.807) is 32.0 Å². The van der Waals surface area contributed by atoms with Crippen molar-refractivity contribution < 1.29 is 41.0 Å². The number of nitrogens with zero attached hydrogens (tertiary/aromatic N) is 2. The molecule has 34 heavy (non-hydrogen) atoms. The highest BCUT2D eigenvalue weighted by molar-refractivity contribution is 7.89. The number of piperidine rings is 1. The zero-order chi connectivity index (χ0) is 25.1. The van der Waals surface area contributed by atoms with Gasteiger partial charge in [0.15, 0.2) is 0 Å². The van der Waals surface area contributed by atoms with Crippen LogP contribution in [0.1, 0.15) is 25.3 Å². The molecule has 0 unspecified atom stereocenters. The van der Waals surface area contributed by atoms with E-state index in [0.29, 0.717) is 5.56 Å². The van der Waals surface area contributed by atoms with E-state index in [1.807, 2.05) is 0 Å². The van der Waals surface area contributed by atoms with E-state index in [2.05, 4.69) is 4.74 Å². The molecular weight excluding hydrogens is 477 g/mol. The predicted octanol–water partition coefficient (Wildman–Crippen LogP) is 4.03. The minimum absolute atomic E-state index is 0.0595. The Morgan fingerprint density at radius 2 is 1.71 bits per heavy atom. The molecule has 3 rings (SSSR count). The fourth-order valence-electron chi connectivity index (χ4n) is 3.63. The van der Waals surface area contributed by atoms with Crippen LogP contribution in [0.5, 0.6) is 5.75 Å². The lowest BCUT2D eigenvalue weighted by molar-refractivity contribution is -0.274. The molecular formula is C22H25F3N2O6S. The number of halogens is 3. The van der Waals surface area contributed by atoms with Crippen LogP contribution in [0, 0.1) is 6.92 Å². The molecule has 1 N–H and O–H groups in total. The van der Waals surface area contributed by atoms with Gasteiger partial charge in [-0.25, -0.2) is 13.2 Å². The Morgan fingerprint density at radius 3 is 2.24 bits per heavy atom. The van der Waals surface area contributed by atoms with Gasteiger partial charge in [0.25, 0.3) is 0 Å². The quantitative estimate of drug-likeness (QED) is 0.600. The first-order chi connectivity index (χ1) is 15.8. The molecule has 1 aliphatic heterocycles. The summed E-state index contributed by atoms with van der Waals surface area (Å²) >= 11 is 0. The maximum absolute atomic E-state index is 12.9. The Morgan fingerprint density at radius 1 is 1.12 bits per heavy atom. The van der Waals surface area contributed by atoms with Gasteiger partial charge in [-0.05, 0) is 49.7 Å². The number of rotatable bonds is 6. The number of aliphatic hydroxyl groups is 1. The van der Waals surface area contributed by atoms with Gasteiger partial charge in [0.05, 0.1) is 4.90 Å². The molecule has 0 saturated carbocycles. The third-order valence-electron chi connectivity index (χ3n) is 5.41. The van der Waals surface area contributed by atoms with Gasteiger partial charge >= 0.3 is 12.5 Å². The minimum atomic E-state index is -4.84. The third kappa shape index (κ3) is 5.99. The van der Waals surface area contributed by atoms with Crippen molar-refractivity contribution in [2.45, 2.75) is 43.7 Å². The fourth-order valence-corrected chi connectivity index (χ4v) is 5.29. The van der Waals surface area contributed by atoms with Gasteiger partial charge in [-0.15, -0.1) is 13.2 Å². The molecule has 0 bridgehead atoms. The lowest BCUT2D eigenvalue weighted by Gasteiger charge is -2.37. The zero-order valence-electron chi connectivity index (χ0n) is 18.6. The van der Waals surface area contributed by atoms with E-state index in [0.717, 1.165) is 17.0 Å².